The minimum atomic E-state index is 0.735. The molecule has 0 aliphatic carbocycles. The Morgan fingerprint density at radius 1 is 1.54 bits per heavy atom. The molecular weight excluding hydrogens is 230 g/mol. The van der Waals surface area contributed by atoms with Crippen LogP contribution in [0, 0.1) is 0 Å². The number of aromatic nitrogens is 2. The van der Waals surface area contributed by atoms with E-state index in [0.29, 0.717) is 0 Å². The Labute approximate surface area is 87.4 Å². The molecule has 0 aliphatic rings. The van der Waals surface area contributed by atoms with E-state index < -0.39 is 0 Å². The fraction of sp³-hybridized carbons (Fsp3) is 0.667. The van der Waals surface area contributed by atoms with E-state index in [9.17, 15) is 0 Å². The lowest BCUT2D eigenvalue weighted by atomic mass is 10.2. The molecule has 0 amide bonds. The number of nitrogens with two attached hydrogens (primary N) is 1. The van der Waals surface area contributed by atoms with Crippen molar-refractivity contribution >= 4 is 15.9 Å². The number of rotatable bonds is 4. The molecule has 1 aromatic heterocycles. The van der Waals surface area contributed by atoms with E-state index in [4.69, 9.17) is 5.73 Å². The van der Waals surface area contributed by atoms with Gasteiger partial charge in [-0.25, -0.2) is 0 Å². The average molecular weight is 246 g/mol. The van der Waals surface area contributed by atoms with Crippen molar-refractivity contribution in [2.75, 3.05) is 6.54 Å². The van der Waals surface area contributed by atoms with Crippen LogP contribution in [0.5, 0.6) is 0 Å². The zero-order valence-electron chi connectivity index (χ0n) is 8.18. The molecule has 0 aromatic carbocycles. The second-order valence-corrected chi connectivity index (χ2v) is 3.87. The van der Waals surface area contributed by atoms with Gasteiger partial charge in [0.15, 0.2) is 0 Å². The standard InChI is InChI=1S/C9H16BrN3/c1-3-7-9(10)8(5-4-6-11)13(2)12-7/h3-6,11H2,1-2H3. The highest BCUT2D eigenvalue weighted by atomic mass is 79.9. The van der Waals surface area contributed by atoms with E-state index in [1.165, 1.54) is 5.69 Å². The second kappa shape index (κ2) is 4.77. The van der Waals surface area contributed by atoms with Crippen LogP contribution >= 0.6 is 15.9 Å². The van der Waals surface area contributed by atoms with Crippen LogP contribution in [0.25, 0.3) is 0 Å². The Kier molecular flexibility index (Phi) is 3.93. The zero-order valence-corrected chi connectivity index (χ0v) is 9.76. The fourth-order valence-corrected chi connectivity index (χ4v) is 2.18. The highest BCUT2D eigenvalue weighted by molar-refractivity contribution is 9.10. The van der Waals surface area contributed by atoms with E-state index in [1.807, 2.05) is 11.7 Å². The molecule has 0 spiro atoms. The molecule has 0 unspecified atom stereocenters. The van der Waals surface area contributed by atoms with Crippen molar-refractivity contribution in [3.63, 3.8) is 0 Å². The quantitative estimate of drug-likeness (QED) is 0.877. The smallest absolute Gasteiger partial charge is 0.0766 e. The summed E-state index contributed by atoms with van der Waals surface area (Å²) in [5, 5.41) is 4.41. The van der Waals surface area contributed by atoms with E-state index in [2.05, 4.69) is 28.0 Å². The topological polar surface area (TPSA) is 43.8 Å². The molecule has 2 N–H and O–H groups in total. The predicted molar refractivity (Wildman–Crippen MR) is 57.7 cm³/mol. The zero-order chi connectivity index (χ0) is 9.84. The maximum Gasteiger partial charge on any atom is 0.0766 e. The van der Waals surface area contributed by atoms with Gasteiger partial charge in [-0.15, -0.1) is 0 Å². The lowest BCUT2D eigenvalue weighted by Crippen LogP contribution is -2.04. The van der Waals surface area contributed by atoms with Crippen molar-refractivity contribution < 1.29 is 0 Å². The molecule has 74 valence electrons. The van der Waals surface area contributed by atoms with Crippen LogP contribution < -0.4 is 5.73 Å². The van der Waals surface area contributed by atoms with E-state index in [0.717, 1.165) is 36.0 Å². The van der Waals surface area contributed by atoms with Crippen molar-refractivity contribution in [2.45, 2.75) is 26.2 Å². The third kappa shape index (κ3) is 2.31. The SMILES string of the molecule is CCc1nn(C)c(CCCN)c1Br. The molecule has 3 nitrogen and oxygen atoms in total. The summed E-state index contributed by atoms with van der Waals surface area (Å²) in [6.45, 7) is 2.85. The van der Waals surface area contributed by atoms with Gasteiger partial charge in [-0.2, -0.15) is 5.10 Å². The van der Waals surface area contributed by atoms with Crippen molar-refractivity contribution in [2.24, 2.45) is 12.8 Å². The van der Waals surface area contributed by atoms with Crippen LogP contribution in [0.4, 0.5) is 0 Å². The number of hydrogen-bond acceptors (Lipinski definition) is 2. The van der Waals surface area contributed by atoms with Crippen molar-refractivity contribution in [3.05, 3.63) is 15.9 Å². The van der Waals surface area contributed by atoms with Crippen molar-refractivity contribution in [1.82, 2.24) is 9.78 Å². The molecule has 0 radical (unpaired) electrons. The summed E-state index contributed by atoms with van der Waals surface area (Å²) < 4.78 is 3.10. The molecule has 0 aliphatic heterocycles. The van der Waals surface area contributed by atoms with E-state index in [-0.39, 0.29) is 0 Å². The summed E-state index contributed by atoms with van der Waals surface area (Å²) in [5.74, 6) is 0. The predicted octanol–water partition coefficient (Wildman–Crippen LogP) is 1.64. The highest BCUT2D eigenvalue weighted by Crippen LogP contribution is 2.22. The minimum absolute atomic E-state index is 0.735. The summed E-state index contributed by atoms with van der Waals surface area (Å²) in [5.41, 5.74) is 7.86. The molecule has 1 rings (SSSR count). The second-order valence-electron chi connectivity index (χ2n) is 3.08. The maximum absolute atomic E-state index is 5.47. The first-order valence-corrected chi connectivity index (χ1v) is 5.40. The number of aryl methyl sites for hydroxylation is 2. The van der Waals surface area contributed by atoms with Crippen LogP contribution in [0.2, 0.25) is 0 Å². The number of halogens is 1. The number of hydrogen-bond donors (Lipinski definition) is 1. The van der Waals surface area contributed by atoms with Gasteiger partial charge in [-0.3, -0.25) is 4.68 Å². The fourth-order valence-electron chi connectivity index (χ4n) is 1.36. The first-order valence-electron chi connectivity index (χ1n) is 4.61. The average Bonchev–Trinajstić information content (AvgIpc) is 2.39. The van der Waals surface area contributed by atoms with Gasteiger partial charge in [0.1, 0.15) is 0 Å². The third-order valence-corrected chi connectivity index (χ3v) is 3.04. The monoisotopic (exact) mass is 245 g/mol. The molecule has 0 saturated carbocycles. The number of nitrogens with zero attached hydrogens (tertiary/aromatic N) is 2. The van der Waals surface area contributed by atoms with Crippen LogP contribution in [0.1, 0.15) is 24.7 Å². The molecule has 4 heteroatoms. The molecule has 0 atom stereocenters. The molecular formula is C9H16BrN3. The van der Waals surface area contributed by atoms with Gasteiger partial charge < -0.3 is 5.73 Å². The Balaban J connectivity index is 2.85. The van der Waals surface area contributed by atoms with Crippen LogP contribution in [0.3, 0.4) is 0 Å². The Morgan fingerprint density at radius 2 is 2.23 bits per heavy atom. The van der Waals surface area contributed by atoms with Gasteiger partial charge in [-0.05, 0) is 41.7 Å². The first kappa shape index (κ1) is 10.7. The summed E-state index contributed by atoms with van der Waals surface area (Å²) in [7, 11) is 1.98. The minimum Gasteiger partial charge on any atom is -0.330 e. The summed E-state index contributed by atoms with van der Waals surface area (Å²) in [6.07, 6.45) is 2.99. The van der Waals surface area contributed by atoms with Crippen molar-refractivity contribution in [1.29, 1.82) is 0 Å². The third-order valence-electron chi connectivity index (χ3n) is 2.12. The highest BCUT2D eigenvalue weighted by Gasteiger charge is 2.10. The lowest BCUT2D eigenvalue weighted by Gasteiger charge is -2.00. The first-order chi connectivity index (χ1) is 6.20. The molecule has 13 heavy (non-hydrogen) atoms. The molecule has 1 heterocycles. The maximum atomic E-state index is 5.47. The Hall–Kier alpha value is -0.350. The largest absolute Gasteiger partial charge is 0.330 e. The van der Waals surface area contributed by atoms with Crippen LogP contribution in [0.15, 0.2) is 4.47 Å². The molecule has 0 fully saturated rings. The van der Waals surface area contributed by atoms with Crippen molar-refractivity contribution in [3.8, 4) is 0 Å². The van der Waals surface area contributed by atoms with E-state index >= 15 is 0 Å². The van der Waals surface area contributed by atoms with Gasteiger partial charge in [0, 0.05) is 7.05 Å². The van der Waals surface area contributed by atoms with Gasteiger partial charge in [-0.1, -0.05) is 6.92 Å². The summed E-state index contributed by atoms with van der Waals surface area (Å²) in [6, 6.07) is 0. The van der Waals surface area contributed by atoms with Gasteiger partial charge in [0.2, 0.25) is 0 Å². The van der Waals surface area contributed by atoms with E-state index in [1.54, 1.807) is 0 Å². The Bertz CT molecular complexity index is 281. The molecule has 0 bridgehead atoms. The normalized spacial score (nSPS) is 10.8. The van der Waals surface area contributed by atoms with Gasteiger partial charge in [0.25, 0.3) is 0 Å². The molecule has 1 aromatic rings. The van der Waals surface area contributed by atoms with Gasteiger partial charge in [0.05, 0.1) is 15.9 Å². The molecule has 0 saturated heterocycles. The Morgan fingerprint density at radius 3 is 2.69 bits per heavy atom. The summed E-state index contributed by atoms with van der Waals surface area (Å²) >= 11 is 3.57. The van der Waals surface area contributed by atoms with Crippen LogP contribution in [-0.4, -0.2) is 16.3 Å². The van der Waals surface area contributed by atoms with Gasteiger partial charge >= 0.3 is 0 Å². The van der Waals surface area contributed by atoms with Crippen LogP contribution in [-0.2, 0) is 19.9 Å². The summed E-state index contributed by atoms with van der Waals surface area (Å²) in [4.78, 5) is 0. The lowest BCUT2D eigenvalue weighted by molar-refractivity contribution is 0.677.